The molecule has 0 aliphatic rings. The fourth-order valence-corrected chi connectivity index (χ4v) is 2.29. The first-order valence-corrected chi connectivity index (χ1v) is 6.46. The maximum atomic E-state index is 12.4. The van der Waals surface area contributed by atoms with Crippen LogP contribution < -0.4 is 5.32 Å². The molecule has 3 aromatic rings. The summed E-state index contributed by atoms with van der Waals surface area (Å²) in [5.74, 6) is -0.152. The molecule has 0 aliphatic heterocycles. The predicted octanol–water partition coefficient (Wildman–Crippen LogP) is 3.20. The maximum absolute atomic E-state index is 12.4. The topological polar surface area (TPSA) is 46.4 Å². The van der Waals surface area contributed by atoms with Crippen molar-refractivity contribution in [1.29, 1.82) is 0 Å². The smallest absolute Gasteiger partial charge is 0.274 e. The number of imidazole rings is 1. The molecule has 0 aliphatic carbocycles. The highest BCUT2D eigenvalue weighted by molar-refractivity contribution is 6.04. The lowest BCUT2D eigenvalue weighted by Gasteiger charge is -2.11. The zero-order valence-corrected chi connectivity index (χ0v) is 11.4. The van der Waals surface area contributed by atoms with Gasteiger partial charge >= 0.3 is 0 Å². The van der Waals surface area contributed by atoms with Crippen molar-refractivity contribution in [2.24, 2.45) is 0 Å². The third-order valence-corrected chi connectivity index (χ3v) is 3.37. The Labute approximate surface area is 117 Å². The number of benzene rings is 1. The van der Waals surface area contributed by atoms with Gasteiger partial charge < -0.3 is 5.32 Å². The van der Waals surface area contributed by atoms with Crippen LogP contribution in [-0.4, -0.2) is 15.3 Å². The van der Waals surface area contributed by atoms with E-state index in [4.69, 9.17) is 0 Å². The van der Waals surface area contributed by atoms with Crippen LogP contribution in [0.4, 0.5) is 5.69 Å². The van der Waals surface area contributed by atoms with E-state index in [1.165, 1.54) is 0 Å². The molecule has 4 heteroatoms. The standard InChI is InChI=1S/C16H15N3O/c1-11-6-5-7-12(2)15(11)18-16(20)13-10-17-14-8-3-4-9-19(13)14/h3-10H,1-2H3,(H,18,20). The minimum Gasteiger partial charge on any atom is -0.320 e. The van der Waals surface area contributed by atoms with Crippen molar-refractivity contribution in [3.05, 3.63) is 65.6 Å². The van der Waals surface area contributed by atoms with Gasteiger partial charge in [-0.3, -0.25) is 9.20 Å². The van der Waals surface area contributed by atoms with Gasteiger partial charge in [0.15, 0.2) is 0 Å². The van der Waals surface area contributed by atoms with E-state index < -0.39 is 0 Å². The minimum absolute atomic E-state index is 0.152. The molecular weight excluding hydrogens is 250 g/mol. The summed E-state index contributed by atoms with van der Waals surface area (Å²) in [6.45, 7) is 3.97. The fourth-order valence-electron chi connectivity index (χ4n) is 2.29. The highest BCUT2D eigenvalue weighted by Gasteiger charge is 2.13. The Kier molecular flexibility index (Phi) is 2.99. The van der Waals surface area contributed by atoms with Crippen molar-refractivity contribution in [3.63, 3.8) is 0 Å². The first kappa shape index (κ1) is 12.4. The molecule has 1 aromatic carbocycles. The molecule has 1 N–H and O–H groups in total. The number of nitrogens with one attached hydrogen (secondary N) is 1. The molecule has 3 rings (SSSR count). The van der Waals surface area contributed by atoms with Gasteiger partial charge in [-0.2, -0.15) is 0 Å². The van der Waals surface area contributed by atoms with Gasteiger partial charge in [0.05, 0.1) is 6.20 Å². The number of rotatable bonds is 2. The van der Waals surface area contributed by atoms with E-state index in [1.54, 1.807) is 10.6 Å². The summed E-state index contributed by atoms with van der Waals surface area (Å²) in [6.07, 6.45) is 3.43. The zero-order valence-electron chi connectivity index (χ0n) is 11.4. The molecule has 2 aromatic heterocycles. The van der Waals surface area contributed by atoms with Crippen molar-refractivity contribution in [2.75, 3.05) is 5.32 Å². The summed E-state index contributed by atoms with van der Waals surface area (Å²) in [4.78, 5) is 16.7. The van der Waals surface area contributed by atoms with Crippen LogP contribution in [0.1, 0.15) is 21.6 Å². The number of hydrogen-bond acceptors (Lipinski definition) is 2. The minimum atomic E-state index is -0.152. The first-order valence-electron chi connectivity index (χ1n) is 6.46. The second-order valence-corrected chi connectivity index (χ2v) is 4.79. The van der Waals surface area contributed by atoms with E-state index in [9.17, 15) is 4.79 Å². The third kappa shape index (κ3) is 2.05. The largest absolute Gasteiger partial charge is 0.320 e. The average molecular weight is 265 g/mol. The highest BCUT2D eigenvalue weighted by Crippen LogP contribution is 2.20. The number of carbonyl (C=O) groups excluding carboxylic acids is 1. The van der Waals surface area contributed by atoms with Crippen LogP contribution in [0.25, 0.3) is 5.65 Å². The fraction of sp³-hybridized carbons (Fsp3) is 0.125. The number of amides is 1. The number of anilines is 1. The van der Waals surface area contributed by atoms with Gasteiger partial charge in [0.2, 0.25) is 0 Å². The van der Waals surface area contributed by atoms with Gasteiger partial charge in [-0.05, 0) is 37.1 Å². The van der Waals surface area contributed by atoms with E-state index in [0.29, 0.717) is 5.69 Å². The van der Waals surface area contributed by atoms with Crippen molar-refractivity contribution in [3.8, 4) is 0 Å². The van der Waals surface area contributed by atoms with Crippen molar-refractivity contribution < 1.29 is 4.79 Å². The normalized spacial score (nSPS) is 10.7. The molecule has 0 bridgehead atoms. The SMILES string of the molecule is Cc1cccc(C)c1NC(=O)c1cnc2ccccn12. The Morgan fingerprint density at radius 2 is 1.85 bits per heavy atom. The molecule has 2 heterocycles. The summed E-state index contributed by atoms with van der Waals surface area (Å²) in [6, 6.07) is 11.6. The number of aromatic nitrogens is 2. The quantitative estimate of drug-likeness (QED) is 0.773. The molecule has 0 radical (unpaired) electrons. The van der Waals surface area contributed by atoms with E-state index >= 15 is 0 Å². The Bertz CT molecular complexity index is 769. The molecule has 0 atom stereocenters. The number of pyridine rings is 1. The summed E-state index contributed by atoms with van der Waals surface area (Å²) in [7, 11) is 0. The maximum Gasteiger partial charge on any atom is 0.274 e. The zero-order chi connectivity index (χ0) is 14.1. The molecule has 4 nitrogen and oxygen atoms in total. The third-order valence-electron chi connectivity index (χ3n) is 3.37. The van der Waals surface area contributed by atoms with Crippen molar-refractivity contribution in [2.45, 2.75) is 13.8 Å². The van der Waals surface area contributed by atoms with Crippen LogP contribution in [0.5, 0.6) is 0 Å². The van der Waals surface area contributed by atoms with E-state index in [0.717, 1.165) is 22.5 Å². The number of nitrogens with zero attached hydrogens (tertiary/aromatic N) is 2. The first-order chi connectivity index (χ1) is 9.66. The second-order valence-electron chi connectivity index (χ2n) is 4.79. The molecule has 100 valence electrons. The number of hydrogen-bond donors (Lipinski definition) is 1. The molecule has 20 heavy (non-hydrogen) atoms. The van der Waals surface area contributed by atoms with Gasteiger partial charge in [0.1, 0.15) is 11.3 Å². The van der Waals surface area contributed by atoms with Crippen LogP contribution in [0.15, 0.2) is 48.8 Å². The second kappa shape index (κ2) is 4.81. The lowest BCUT2D eigenvalue weighted by molar-refractivity contribution is 0.102. The Balaban J connectivity index is 1.98. The summed E-state index contributed by atoms with van der Waals surface area (Å²) < 4.78 is 1.78. The molecule has 0 unspecified atom stereocenters. The summed E-state index contributed by atoms with van der Waals surface area (Å²) in [5, 5.41) is 2.97. The van der Waals surface area contributed by atoms with Gasteiger partial charge in [-0.1, -0.05) is 24.3 Å². The van der Waals surface area contributed by atoms with E-state index in [2.05, 4.69) is 10.3 Å². The van der Waals surface area contributed by atoms with Gasteiger partial charge in [0, 0.05) is 11.9 Å². The summed E-state index contributed by atoms with van der Waals surface area (Å²) in [5.41, 5.74) is 4.25. The van der Waals surface area contributed by atoms with Gasteiger partial charge in [-0.15, -0.1) is 0 Å². The van der Waals surface area contributed by atoms with E-state index in [1.807, 2.05) is 56.4 Å². The van der Waals surface area contributed by atoms with Crippen LogP contribution in [-0.2, 0) is 0 Å². The molecule has 1 amide bonds. The number of aryl methyl sites for hydroxylation is 2. The highest BCUT2D eigenvalue weighted by atomic mass is 16.1. The van der Waals surface area contributed by atoms with Crippen LogP contribution in [0.3, 0.4) is 0 Å². The molecule has 0 spiro atoms. The average Bonchev–Trinajstić information content (AvgIpc) is 2.87. The molecule has 0 fully saturated rings. The number of fused-ring (bicyclic) bond motifs is 1. The Morgan fingerprint density at radius 1 is 1.10 bits per heavy atom. The molecule has 0 saturated carbocycles. The lowest BCUT2D eigenvalue weighted by atomic mass is 10.1. The Hall–Kier alpha value is -2.62. The van der Waals surface area contributed by atoms with Crippen LogP contribution in [0, 0.1) is 13.8 Å². The van der Waals surface area contributed by atoms with E-state index in [-0.39, 0.29) is 5.91 Å². The van der Waals surface area contributed by atoms with Gasteiger partial charge in [0.25, 0.3) is 5.91 Å². The number of para-hydroxylation sites is 1. The Morgan fingerprint density at radius 3 is 2.60 bits per heavy atom. The van der Waals surface area contributed by atoms with Crippen LogP contribution in [0.2, 0.25) is 0 Å². The predicted molar refractivity (Wildman–Crippen MR) is 79.1 cm³/mol. The molecule has 0 saturated heterocycles. The summed E-state index contributed by atoms with van der Waals surface area (Å²) >= 11 is 0. The lowest BCUT2D eigenvalue weighted by Crippen LogP contribution is -2.15. The van der Waals surface area contributed by atoms with Crippen molar-refractivity contribution in [1.82, 2.24) is 9.38 Å². The van der Waals surface area contributed by atoms with Crippen LogP contribution >= 0.6 is 0 Å². The molecular formula is C16H15N3O. The number of carbonyl (C=O) groups is 1. The van der Waals surface area contributed by atoms with Crippen molar-refractivity contribution >= 4 is 17.2 Å². The van der Waals surface area contributed by atoms with Gasteiger partial charge in [-0.25, -0.2) is 4.98 Å². The monoisotopic (exact) mass is 265 g/mol.